The average Bonchev–Trinajstić information content (AvgIpc) is 2.27. The van der Waals surface area contributed by atoms with Gasteiger partial charge in [-0.15, -0.1) is 5.10 Å². The summed E-state index contributed by atoms with van der Waals surface area (Å²) in [6.07, 6.45) is 2.25. The van der Waals surface area contributed by atoms with Crippen molar-refractivity contribution in [1.29, 1.82) is 0 Å². The maximum absolute atomic E-state index is 5.46. The minimum Gasteiger partial charge on any atom is -0.366 e. The number of aryl methyl sites for hydroxylation is 1. The number of anilines is 1. The van der Waals surface area contributed by atoms with Crippen molar-refractivity contribution in [2.45, 2.75) is 40.2 Å². The van der Waals surface area contributed by atoms with E-state index in [1.165, 1.54) is 6.42 Å². The molecule has 0 fully saturated rings. The highest BCUT2D eigenvalue weighted by Crippen LogP contribution is 2.21. The van der Waals surface area contributed by atoms with Gasteiger partial charge in [-0.3, -0.25) is 0 Å². The van der Waals surface area contributed by atoms with E-state index in [-0.39, 0.29) is 0 Å². The third kappa shape index (κ3) is 3.65. The molecule has 1 heterocycles. The van der Waals surface area contributed by atoms with Gasteiger partial charge in [0.25, 0.3) is 0 Å². The molecule has 1 rings (SSSR count). The molecule has 1 aromatic heterocycles. The Labute approximate surface area is 93.0 Å². The standard InChI is InChI=1S/C9H17BrN4/c1-9(2,3)5-4-6-14-7(10)12-8(11)13-14/h4-6H2,1-3H3,(H2,11,13). The van der Waals surface area contributed by atoms with Crippen LogP contribution in [0.4, 0.5) is 5.95 Å². The van der Waals surface area contributed by atoms with Crippen LogP contribution in [0.2, 0.25) is 0 Å². The highest BCUT2D eigenvalue weighted by molar-refractivity contribution is 9.10. The van der Waals surface area contributed by atoms with Crippen LogP contribution in [0.1, 0.15) is 33.6 Å². The zero-order valence-corrected chi connectivity index (χ0v) is 10.5. The van der Waals surface area contributed by atoms with E-state index in [9.17, 15) is 0 Å². The zero-order chi connectivity index (χ0) is 10.8. The lowest BCUT2D eigenvalue weighted by atomic mass is 9.91. The van der Waals surface area contributed by atoms with Crippen LogP contribution in [0.15, 0.2) is 4.73 Å². The quantitative estimate of drug-likeness (QED) is 0.909. The molecular formula is C9H17BrN4. The zero-order valence-electron chi connectivity index (χ0n) is 8.92. The van der Waals surface area contributed by atoms with Gasteiger partial charge in [0.15, 0.2) is 4.73 Å². The van der Waals surface area contributed by atoms with Gasteiger partial charge < -0.3 is 5.73 Å². The summed E-state index contributed by atoms with van der Waals surface area (Å²) >= 11 is 3.31. The molecule has 14 heavy (non-hydrogen) atoms. The van der Waals surface area contributed by atoms with Gasteiger partial charge in [0.1, 0.15) is 0 Å². The number of aromatic nitrogens is 3. The summed E-state index contributed by atoms with van der Waals surface area (Å²) in [6, 6.07) is 0. The maximum Gasteiger partial charge on any atom is 0.240 e. The maximum atomic E-state index is 5.46. The van der Waals surface area contributed by atoms with Crippen LogP contribution in [0, 0.1) is 5.41 Å². The van der Waals surface area contributed by atoms with Gasteiger partial charge in [-0.25, -0.2) is 4.68 Å². The van der Waals surface area contributed by atoms with Gasteiger partial charge in [0, 0.05) is 6.54 Å². The molecule has 1 aromatic rings. The lowest BCUT2D eigenvalue weighted by Crippen LogP contribution is -2.08. The Morgan fingerprint density at radius 2 is 2.07 bits per heavy atom. The van der Waals surface area contributed by atoms with Crippen LogP contribution in [0.25, 0.3) is 0 Å². The predicted molar refractivity (Wildman–Crippen MR) is 60.8 cm³/mol. The molecule has 5 heteroatoms. The fourth-order valence-electron chi connectivity index (χ4n) is 1.24. The topological polar surface area (TPSA) is 56.7 Å². The van der Waals surface area contributed by atoms with Crippen LogP contribution < -0.4 is 5.73 Å². The number of halogens is 1. The first-order valence-corrected chi connectivity index (χ1v) is 5.53. The molecule has 0 spiro atoms. The van der Waals surface area contributed by atoms with E-state index in [4.69, 9.17) is 5.73 Å². The van der Waals surface area contributed by atoms with E-state index in [0.29, 0.717) is 16.1 Å². The van der Waals surface area contributed by atoms with Gasteiger partial charge in [-0.1, -0.05) is 20.8 Å². The molecule has 0 saturated heterocycles. The van der Waals surface area contributed by atoms with E-state index in [2.05, 4.69) is 46.8 Å². The monoisotopic (exact) mass is 260 g/mol. The summed E-state index contributed by atoms with van der Waals surface area (Å²) in [7, 11) is 0. The first-order chi connectivity index (χ1) is 6.38. The molecule has 4 nitrogen and oxygen atoms in total. The van der Waals surface area contributed by atoms with Gasteiger partial charge in [-0.05, 0) is 34.2 Å². The summed E-state index contributed by atoms with van der Waals surface area (Å²) in [5.41, 5.74) is 5.84. The van der Waals surface area contributed by atoms with Gasteiger partial charge in [0.05, 0.1) is 0 Å². The second kappa shape index (κ2) is 4.29. The van der Waals surface area contributed by atoms with E-state index < -0.39 is 0 Å². The number of nitrogen functional groups attached to an aromatic ring is 1. The highest BCUT2D eigenvalue weighted by Gasteiger charge is 2.10. The van der Waals surface area contributed by atoms with Crippen molar-refractivity contribution in [3.05, 3.63) is 4.73 Å². The van der Waals surface area contributed by atoms with Gasteiger partial charge in [-0.2, -0.15) is 4.98 Å². The lowest BCUT2D eigenvalue weighted by Gasteiger charge is -2.17. The Morgan fingerprint density at radius 3 is 2.50 bits per heavy atom. The van der Waals surface area contributed by atoms with E-state index in [1.807, 2.05) is 0 Å². The third-order valence-corrected chi connectivity index (χ3v) is 2.53. The van der Waals surface area contributed by atoms with Crippen molar-refractivity contribution in [3.63, 3.8) is 0 Å². The molecule has 0 bridgehead atoms. The molecule has 80 valence electrons. The first-order valence-electron chi connectivity index (χ1n) is 4.74. The molecule has 0 atom stereocenters. The van der Waals surface area contributed by atoms with Gasteiger partial charge in [0.2, 0.25) is 5.95 Å². The molecular weight excluding hydrogens is 244 g/mol. The van der Waals surface area contributed by atoms with Crippen molar-refractivity contribution in [1.82, 2.24) is 14.8 Å². The molecule has 0 unspecified atom stereocenters. The van der Waals surface area contributed by atoms with Crippen LogP contribution >= 0.6 is 15.9 Å². The lowest BCUT2D eigenvalue weighted by molar-refractivity contribution is 0.348. The number of nitrogens with zero attached hydrogens (tertiary/aromatic N) is 3. The third-order valence-electron chi connectivity index (χ3n) is 1.94. The summed E-state index contributed by atoms with van der Waals surface area (Å²) in [5, 5.41) is 4.07. The largest absolute Gasteiger partial charge is 0.366 e. The van der Waals surface area contributed by atoms with E-state index in [1.54, 1.807) is 4.68 Å². The fraction of sp³-hybridized carbons (Fsp3) is 0.778. The Balaban J connectivity index is 2.42. The first kappa shape index (κ1) is 11.5. The fourth-order valence-corrected chi connectivity index (χ4v) is 1.68. The molecule has 2 N–H and O–H groups in total. The van der Waals surface area contributed by atoms with Crippen molar-refractivity contribution in [2.24, 2.45) is 5.41 Å². The second-order valence-electron chi connectivity index (χ2n) is 4.63. The van der Waals surface area contributed by atoms with Crippen molar-refractivity contribution >= 4 is 21.9 Å². The van der Waals surface area contributed by atoms with Gasteiger partial charge >= 0.3 is 0 Å². The van der Waals surface area contributed by atoms with E-state index >= 15 is 0 Å². The summed E-state index contributed by atoms with van der Waals surface area (Å²) in [6.45, 7) is 7.56. The number of rotatable bonds is 3. The molecule has 0 amide bonds. The normalized spacial score (nSPS) is 12.0. The Hall–Kier alpha value is -0.580. The van der Waals surface area contributed by atoms with Crippen molar-refractivity contribution < 1.29 is 0 Å². The number of hydrogen-bond acceptors (Lipinski definition) is 3. The Kier molecular flexibility index (Phi) is 3.53. The SMILES string of the molecule is CC(C)(C)CCCn1nc(N)nc1Br. The summed E-state index contributed by atoms with van der Waals surface area (Å²) < 4.78 is 2.50. The molecule has 0 saturated carbocycles. The number of hydrogen-bond donors (Lipinski definition) is 1. The van der Waals surface area contributed by atoms with Crippen LogP contribution in [-0.4, -0.2) is 14.8 Å². The van der Waals surface area contributed by atoms with Crippen LogP contribution in [0.5, 0.6) is 0 Å². The van der Waals surface area contributed by atoms with Crippen LogP contribution in [-0.2, 0) is 6.54 Å². The summed E-state index contributed by atoms with van der Waals surface area (Å²) in [4.78, 5) is 3.97. The highest BCUT2D eigenvalue weighted by atomic mass is 79.9. The Morgan fingerprint density at radius 1 is 1.43 bits per heavy atom. The molecule has 0 aliphatic rings. The molecule has 0 aliphatic heterocycles. The molecule has 0 aliphatic carbocycles. The minimum absolute atomic E-state index is 0.327. The molecule has 0 aromatic carbocycles. The van der Waals surface area contributed by atoms with Crippen molar-refractivity contribution in [2.75, 3.05) is 5.73 Å². The van der Waals surface area contributed by atoms with Crippen molar-refractivity contribution in [3.8, 4) is 0 Å². The number of nitrogens with two attached hydrogens (primary N) is 1. The van der Waals surface area contributed by atoms with E-state index in [0.717, 1.165) is 13.0 Å². The Bertz CT molecular complexity index is 300. The van der Waals surface area contributed by atoms with Crippen LogP contribution in [0.3, 0.4) is 0 Å². The smallest absolute Gasteiger partial charge is 0.240 e. The average molecular weight is 261 g/mol. The molecule has 0 radical (unpaired) electrons. The second-order valence-corrected chi connectivity index (χ2v) is 5.34. The predicted octanol–water partition coefficient (Wildman–Crippen LogP) is 2.45. The summed E-state index contributed by atoms with van der Waals surface area (Å²) in [5.74, 6) is 0.327. The minimum atomic E-state index is 0.327.